The van der Waals surface area contributed by atoms with Crippen molar-refractivity contribution in [2.24, 2.45) is 16.7 Å². The van der Waals surface area contributed by atoms with E-state index in [1.807, 2.05) is 11.8 Å². The van der Waals surface area contributed by atoms with E-state index >= 15 is 0 Å². The second kappa shape index (κ2) is 6.06. The number of rotatable bonds is 4. The minimum atomic E-state index is 0.144. The fourth-order valence-corrected chi connectivity index (χ4v) is 5.40. The highest BCUT2D eigenvalue weighted by Crippen LogP contribution is 2.63. The van der Waals surface area contributed by atoms with Gasteiger partial charge in [-0.05, 0) is 24.7 Å². The van der Waals surface area contributed by atoms with Gasteiger partial charge in [0.15, 0.2) is 0 Å². The number of nitrogens with zero attached hydrogens (tertiary/aromatic N) is 4. The average molecular weight is 348 g/mol. The predicted molar refractivity (Wildman–Crippen MR) is 90.9 cm³/mol. The summed E-state index contributed by atoms with van der Waals surface area (Å²) >= 11 is 0. The summed E-state index contributed by atoms with van der Waals surface area (Å²) in [6.45, 7) is 13.0. The van der Waals surface area contributed by atoms with Gasteiger partial charge in [-0.25, -0.2) is 4.63 Å². The monoisotopic (exact) mass is 348 g/mol. The average Bonchev–Trinajstić information content (AvgIpc) is 3.10. The first-order chi connectivity index (χ1) is 11.9. The molecule has 7 nitrogen and oxygen atoms in total. The van der Waals surface area contributed by atoms with Gasteiger partial charge < -0.3 is 9.64 Å². The van der Waals surface area contributed by atoms with Crippen LogP contribution in [0.1, 0.15) is 31.7 Å². The molecule has 4 rings (SSSR count). The van der Waals surface area contributed by atoms with Gasteiger partial charge in [0, 0.05) is 38.1 Å². The standard InChI is InChI=1S/C18H28N4O3/c1-13-14(20-25-19-13)8-16(23)22-9-15-17(2,3)10-18(15,12-22)11-21-4-6-24-7-5-21/h15H,4-12H2,1-3H3/t15-,18+/m1/s1. The molecule has 3 aliphatic rings. The number of ether oxygens (including phenoxy) is 1. The van der Waals surface area contributed by atoms with Gasteiger partial charge in [0.2, 0.25) is 5.91 Å². The van der Waals surface area contributed by atoms with Crippen molar-refractivity contribution in [1.29, 1.82) is 0 Å². The van der Waals surface area contributed by atoms with Gasteiger partial charge in [0.1, 0.15) is 11.4 Å². The van der Waals surface area contributed by atoms with Crippen molar-refractivity contribution < 1.29 is 14.2 Å². The molecule has 1 aromatic rings. The van der Waals surface area contributed by atoms with Gasteiger partial charge in [-0.15, -0.1) is 0 Å². The zero-order valence-electron chi connectivity index (χ0n) is 15.5. The van der Waals surface area contributed by atoms with Crippen LogP contribution in [0.25, 0.3) is 0 Å². The maximum absolute atomic E-state index is 12.8. The molecular formula is C18H28N4O3. The van der Waals surface area contributed by atoms with E-state index in [9.17, 15) is 4.79 Å². The molecule has 1 saturated carbocycles. The molecule has 2 saturated heterocycles. The number of hydrogen-bond acceptors (Lipinski definition) is 6. The van der Waals surface area contributed by atoms with E-state index in [4.69, 9.17) is 9.37 Å². The van der Waals surface area contributed by atoms with Crippen molar-refractivity contribution in [3.05, 3.63) is 11.4 Å². The van der Waals surface area contributed by atoms with Crippen LogP contribution in [0, 0.1) is 23.7 Å². The SMILES string of the molecule is Cc1nonc1CC(=O)N1C[C@@H]2C(C)(C)C[C@]2(CN2CCOCC2)C1. The number of aryl methyl sites for hydroxylation is 1. The van der Waals surface area contributed by atoms with Gasteiger partial charge in [-0.3, -0.25) is 9.69 Å². The Morgan fingerprint density at radius 1 is 1.28 bits per heavy atom. The van der Waals surface area contributed by atoms with Crippen LogP contribution in [-0.4, -0.2) is 72.0 Å². The van der Waals surface area contributed by atoms with Crippen LogP contribution < -0.4 is 0 Å². The molecule has 1 amide bonds. The predicted octanol–water partition coefficient (Wildman–Crippen LogP) is 1.13. The summed E-state index contributed by atoms with van der Waals surface area (Å²) in [5.74, 6) is 0.716. The van der Waals surface area contributed by atoms with Gasteiger partial charge in [-0.2, -0.15) is 0 Å². The summed E-state index contributed by atoms with van der Waals surface area (Å²) in [6.07, 6.45) is 1.48. The van der Waals surface area contributed by atoms with Crippen molar-refractivity contribution in [2.45, 2.75) is 33.6 Å². The number of carbonyl (C=O) groups is 1. The molecule has 0 radical (unpaired) electrons. The lowest BCUT2D eigenvalue weighted by atomic mass is 9.48. The summed E-state index contributed by atoms with van der Waals surface area (Å²) in [5.41, 5.74) is 1.92. The first-order valence-electron chi connectivity index (χ1n) is 9.26. The number of aromatic nitrogens is 2. The van der Waals surface area contributed by atoms with E-state index < -0.39 is 0 Å². The van der Waals surface area contributed by atoms with Gasteiger partial charge in [0.25, 0.3) is 0 Å². The van der Waals surface area contributed by atoms with E-state index in [1.165, 1.54) is 6.42 Å². The van der Waals surface area contributed by atoms with Crippen LogP contribution in [-0.2, 0) is 16.0 Å². The number of morpholine rings is 1. The lowest BCUT2D eigenvalue weighted by Crippen LogP contribution is -2.59. The Hall–Kier alpha value is -1.47. The summed E-state index contributed by atoms with van der Waals surface area (Å²) in [5, 5.41) is 7.64. The summed E-state index contributed by atoms with van der Waals surface area (Å²) in [6, 6.07) is 0. The third-order valence-electron chi connectivity index (χ3n) is 6.46. The molecule has 0 N–H and O–H groups in total. The molecule has 0 unspecified atom stereocenters. The third kappa shape index (κ3) is 2.97. The molecule has 138 valence electrons. The lowest BCUT2D eigenvalue weighted by Gasteiger charge is -2.58. The van der Waals surface area contributed by atoms with Crippen molar-refractivity contribution in [3.8, 4) is 0 Å². The molecule has 0 bridgehead atoms. The van der Waals surface area contributed by atoms with E-state index in [1.54, 1.807) is 0 Å². The van der Waals surface area contributed by atoms with Crippen molar-refractivity contribution in [3.63, 3.8) is 0 Å². The molecule has 25 heavy (non-hydrogen) atoms. The van der Waals surface area contributed by atoms with Crippen LogP contribution in [0.4, 0.5) is 0 Å². The van der Waals surface area contributed by atoms with Crippen LogP contribution in [0.5, 0.6) is 0 Å². The number of fused-ring (bicyclic) bond motifs is 1. The number of likely N-dealkylation sites (tertiary alicyclic amines) is 1. The van der Waals surface area contributed by atoms with Gasteiger partial charge in [-0.1, -0.05) is 24.2 Å². The molecule has 3 fully saturated rings. The van der Waals surface area contributed by atoms with E-state index in [2.05, 4.69) is 29.1 Å². The zero-order valence-corrected chi connectivity index (χ0v) is 15.5. The molecule has 1 aromatic heterocycles. The third-order valence-corrected chi connectivity index (χ3v) is 6.46. The second-order valence-electron chi connectivity index (χ2n) is 8.72. The van der Waals surface area contributed by atoms with Crippen molar-refractivity contribution >= 4 is 5.91 Å². The topological polar surface area (TPSA) is 71.7 Å². The fraction of sp³-hybridized carbons (Fsp3) is 0.833. The Morgan fingerprint density at radius 2 is 2.04 bits per heavy atom. The Balaban J connectivity index is 1.45. The molecule has 2 atom stereocenters. The highest BCUT2D eigenvalue weighted by molar-refractivity contribution is 5.79. The first kappa shape index (κ1) is 17.0. The highest BCUT2D eigenvalue weighted by atomic mass is 16.6. The summed E-state index contributed by atoms with van der Waals surface area (Å²) < 4.78 is 10.2. The van der Waals surface area contributed by atoms with Crippen molar-refractivity contribution in [2.75, 3.05) is 45.9 Å². The minimum absolute atomic E-state index is 0.144. The fourth-order valence-electron chi connectivity index (χ4n) is 5.40. The Labute approximate surface area is 148 Å². The van der Waals surface area contributed by atoms with Crippen molar-refractivity contribution in [1.82, 2.24) is 20.1 Å². The zero-order chi connectivity index (χ0) is 17.7. The molecule has 0 aromatic carbocycles. The minimum Gasteiger partial charge on any atom is -0.379 e. The molecular weight excluding hydrogens is 320 g/mol. The summed E-state index contributed by atoms with van der Waals surface area (Å²) in [7, 11) is 0. The van der Waals surface area contributed by atoms with Crippen LogP contribution in [0.3, 0.4) is 0 Å². The molecule has 1 aliphatic carbocycles. The normalized spacial score (nSPS) is 31.6. The lowest BCUT2D eigenvalue weighted by molar-refractivity contribution is -0.130. The number of amides is 1. The van der Waals surface area contributed by atoms with Gasteiger partial charge >= 0.3 is 0 Å². The highest BCUT2D eigenvalue weighted by Gasteiger charge is 2.63. The number of carbonyl (C=O) groups excluding carboxylic acids is 1. The van der Waals surface area contributed by atoms with Gasteiger partial charge in [0.05, 0.1) is 19.6 Å². The van der Waals surface area contributed by atoms with Crippen LogP contribution >= 0.6 is 0 Å². The van der Waals surface area contributed by atoms with Crippen LogP contribution in [0.2, 0.25) is 0 Å². The Kier molecular flexibility index (Phi) is 4.11. The molecule has 2 aliphatic heterocycles. The van der Waals surface area contributed by atoms with Crippen LogP contribution in [0.15, 0.2) is 4.63 Å². The quantitative estimate of drug-likeness (QED) is 0.812. The molecule has 7 heteroatoms. The first-order valence-corrected chi connectivity index (χ1v) is 9.26. The van der Waals surface area contributed by atoms with E-state index in [0.717, 1.165) is 45.9 Å². The number of hydrogen-bond donors (Lipinski definition) is 0. The summed E-state index contributed by atoms with van der Waals surface area (Å²) in [4.78, 5) is 17.4. The molecule has 0 spiro atoms. The molecule has 3 heterocycles. The largest absolute Gasteiger partial charge is 0.379 e. The maximum atomic E-state index is 12.8. The Bertz CT molecular complexity index is 653. The smallest absolute Gasteiger partial charge is 0.228 e. The second-order valence-corrected chi connectivity index (χ2v) is 8.72. The maximum Gasteiger partial charge on any atom is 0.228 e. The Morgan fingerprint density at radius 3 is 2.68 bits per heavy atom. The van der Waals surface area contributed by atoms with E-state index in [0.29, 0.717) is 22.7 Å². The van der Waals surface area contributed by atoms with E-state index in [-0.39, 0.29) is 17.7 Å².